The van der Waals surface area contributed by atoms with Crippen molar-refractivity contribution in [2.24, 2.45) is 5.90 Å². The zero-order chi connectivity index (χ0) is 15.7. The molecule has 0 aliphatic carbocycles. The molecule has 0 aromatic rings. The number of hydrogen-bond donors (Lipinski definition) is 3. The Labute approximate surface area is 135 Å². The summed E-state index contributed by atoms with van der Waals surface area (Å²) in [5, 5.41) is 11.8. The first-order valence-electron chi connectivity index (χ1n) is 6.84. The number of hydrogen-bond acceptors (Lipinski definition) is 6. The third kappa shape index (κ3) is 7.51. The summed E-state index contributed by atoms with van der Waals surface area (Å²) in [5.41, 5.74) is 0. The van der Waals surface area contributed by atoms with E-state index in [-0.39, 0.29) is 43.3 Å². The summed E-state index contributed by atoms with van der Waals surface area (Å²) in [5.74, 6) is 4.06. The fourth-order valence-electron chi connectivity index (χ4n) is 1.87. The maximum Gasteiger partial charge on any atom is 0.253 e. The molecule has 3 amide bonds. The van der Waals surface area contributed by atoms with Crippen molar-refractivity contribution in [3.63, 3.8) is 0 Å². The molecule has 0 fully saturated rings. The standard InChI is InChI=1S/C13H21N3O5.ClH/c14-21-9-10(17)8-15-11(18)4-2-1-3-7-16-12(19)5-6-13(16)20;/h5-6,10,17H,1-4,7-9,14H2,(H,15,18);1H. The van der Waals surface area contributed by atoms with Gasteiger partial charge in [0.15, 0.2) is 0 Å². The molecule has 0 bridgehead atoms. The van der Waals surface area contributed by atoms with E-state index in [2.05, 4.69) is 10.2 Å². The number of rotatable bonds is 10. The van der Waals surface area contributed by atoms with Crippen molar-refractivity contribution in [1.29, 1.82) is 0 Å². The largest absolute Gasteiger partial charge is 0.389 e. The first-order chi connectivity index (χ1) is 10.0. The fourth-order valence-corrected chi connectivity index (χ4v) is 1.87. The minimum Gasteiger partial charge on any atom is -0.389 e. The van der Waals surface area contributed by atoms with Gasteiger partial charge in [0.2, 0.25) is 5.91 Å². The van der Waals surface area contributed by atoms with Crippen molar-refractivity contribution >= 4 is 30.1 Å². The zero-order valence-corrected chi connectivity index (χ0v) is 13.0. The maximum absolute atomic E-state index is 11.5. The smallest absolute Gasteiger partial charge is 0.253 e. The van der Waals surface area contributed by atoms with Crippen LogP contribution >= 0.6 is 12.4 Å². The SMILES string of the molecule is Cl.NOCC(O)CNC(=O)CCCCCN1C(=O)C=CC1=O. The number of halogens is 1. The molecule has 1 rings (SSSR count). The Morgan fingerprint density at radius 3 is 2.50 bits per heavy atom. The van der Waals surface area contributed by atoms with Gasteiger partial charge in [0.1, 0.15) is 0 Å². The number of carbonyl (C=O) groups is 3. The topological polar surface area (TPSA) is 122 Å². The molecule has 22 heavy (non-hydrogen) atoms. The van der Waals surface area contributed by atoms with Crippen LogP contribution in [0.25, 0.3) is 0 Å². The van der Waals surface area contributed by atoms with Crippen LogP contribution in [0, 0.1) is 0 Å². The van der Waals surface area contributed by atoms with Gasteiger partial charge in [0, 0.05) is 31.7 Å². The summed E-state index contributed by atoms with van der Waals surface area (Å²) in [4.78, 5) is 39.4. The Morgan fingerprint density at radius 1 is 1.27 bits per heavy atom. The molecule has 0 radical (unpaired) electrons. The van der Waals surface area contributed by atoms with E-state index >= 15 is 0 Å². The summed E-state index contributed by atoms with van der Waals surface area (Å²) in [6, 6.07) is 0. The summed E-state index contributed by atoms with van der Waals surface area (Å²) in [6.45, 7) is 0.434. The monoisotopic (exact) mass is 335 g/mol. The lowest BCUT2D eigenvalue weighted by molar-refractivity contribution is -0.136. The van der Waals surface area contributed by atoms with Crippen LogP contribution in [0.2, 0.25) is 0 Å². The molecule has 0 saturated heterocycles. The van der Waals surface area contributed by atoms with E-state index in [9.17, 15) is 19.5 Å². The van der Waals surface area contributed by atoms with Gasteiger partial charge in [-0.1, -0.05) is 6.42 Å². The van der Waals surface area contributed by atoms with E-state index in [1.54, 1.807) is 0 Å². The van der Waals surface area contributed by atoms with E-state index in [1.165, 1.54) is 17.1 Å². The fraction of sp³-hybridized carbons (Fsp3) is 0.615. The van der Waals surface area contributed by atoms with E-state index in [0.29, 0.717) is 25.8 Å². The van der Waals surface area contributed by atoms with Gasteiger partial charge in [-0.25, -0.2) is 5.90 Å². The third-order valence-electron chi connectivity index (χ3n) is 3.01. The van der Waals surface area contributed by atoms with Crippen molar-refractivity contribution in [2.75, 3.05) is 19.7 Å². The van der Waals surface area contributed by atoms with Crippen molar-refractivity contribution in [1.82, 2.24) is 10.2 Å². The number of aliphatic hydroxyl groups excluding tert-OH is 1. The van der Waals surface area contributed by atoms with Crippen molar-refractivity contribution in [3.05, 3.63) is 12.2 Å². The molecule has 1 atom stereocenters. The highest BCUT2D eigenvalue weighted by molar-refractivity contribution is 6.12. The molecular formula is C13H22ClN3O5. The summed E-state index contributed by atoms with van der Waals surface area (Å²) < 4.78 is 0. The predicted molar refractivity (Wildman–Crippen MR) is 80.7 cm³/mol. The first-order valence-corrected chi connectivity index (χ1v) is 6.84. The molecule has 0 spiro atoms. The Hall–Kier alpha value is -1.48. The van der Waals surface area contributed by atoms with Gasteiger partial charge in [-0.15, -0.1) is 12.4 Å². The summed E-state index contributed by atoms with van der Waals surface area (Å²) in [6.07, 6.45) is 4.07. The van der Waals surface area contributed by atoms with Gasteiger partial charge in [-0.2, -0.15) is 0 Å². The number of nitrogens with one attached hydrogen (secondary N) is 1. The third-order valence-corrected chi connectivity index (χ3v) is 3.01. The normalized spacial score (nSPS) is 14.9. The van der Waals surface area contributed by atoms with Gasteiger partial charge in [0.25, 0.3) is 11.8 Å². The van der Waals surface area contributed by atoms with Crippen molar-refractivity contribution in [3.8, 4) is 0 Å². The highest BCUT2D eigenvalue weighted by Gasteiger charge is 2.22. The quantitative estimate of drug-likeness (QED) is 0.274. The van der Waals surface area contributed by atoms with Crippen molar-refractivity contribution < 1.29 is 24.3 Å². The summed E-state index contributed by atoms with van der Waals surface area (Å²) >= 11 is 0. The minimum atomic E-state index is -0.821. The Kier molecular flexibility index (Phi) is 10.4. The maximum atomic E-state index is 11.5. The number of nitrogens with two attached hydrogens (primary N) is 1. The Morgan fingerprint density at radius 2 is 1.91 bits per heavy atom. The van der Waals surface area contributed by atoms with Crippen LogP contribution in [0.3, 0.4) is 0 Å². The number of imide groups is 1. The number of amides is 3. The number of nitrogens with zero attached hydrogens (tertiary/aromatic N) is 1. The van der Waals surface area contributed by atoms with Gasteiger partial charge in [-0.05, 0) is 12.8 Å². The van der Waals surface area contributed by atoms with Crippen LogP contribution in [-0.2, 0) is 19.2 Å². The van der Waals surface area contributed by atoms with Gasteiger partial charge >= 0.3 is 0 Å². The average Bonchev–Trinajstić information content (AvgIpc) is 2.76. The molecule has 1 aliphatic heterocycles. The zero-order valence-electron chi connectivity index (χ0n) is 12.2. The van der Waals surface area contributed by atoms with E-state index < -0.39 is 6.10 Å². The molecule has 0 saturated carbocycles. The van der Waals surface area contributed by atoms with Crippen LogP contribution in [0.5, 0.6) is 0 Å². The van der Waals surface area contributed by atoms with Gasteiger partial charge < -0.3 is 15.3 Å². The number of unbranched alkanes of at least 4 members (excludes halogenated alkanes) is 2. The molecular weight excluding hydrogens is 314 g/mol. The summed E-state index contributed by atoms with van der Waals surface area (Å²) in [7, 11) is 0. The lowest BCUT2D eigenvalue weighted by Gasteiger charge is -2.13. The van der Waals surface area contributed by atoms with Crippen LogP contribution in [-0.4, -0.2) is 53.5 Å². The molecule has 9 heteroatoms. The average molecular weight is 336 g/mol. The highest BCUT2D eigenvalue weighted by Crippen LogP contribution is 2.07. The van der Waals surface area contributed by atoms with Crippen LogP contribution in [0.4, 0.5) is 0 Å². The van der Waals surface area contributed by atoms with Crippen molar-refractivity contribution in [2.45, 2.75) is 31.8 Å². The molecule has 126 valence electrons. The second-order valence-corrected chi connectivity index (χ2v) is 4.76. The number of aliphatic hydroxyl groups is 1. The molecule has 1 unspecified atom stereocenters. The van der Waals surface area contributed by atoms with E-state index in [4.69, 9.17) is 5.90 Å². The van der Waals surface area contributed by atoms with E-state index in [0.717, 1.165) is 6.42 Å². The second kappa shape index (κ2) is 11.1. The van der Waals surface area contributed by atoms with Crippen LogP contribution < -0.4 is 11.2 Å². The van der Waals surface area contributed by atoms with Gasteiger partial charge in [-0.3, -0.25) is 19.3 Å². The lowest BCUT2D eigenvalue weighted by Crippen LogP contribution is -2.35. The molecule has 4 N–H and O–H groups in total. The molecule has 8 nitrogen and oxygen atoms in total. The molecule has 1 heterocycles. The van der Waals surface area contributed by atoms with Crippen LogP contribution in [0.15, 0.2) is 12.2 Å². The second-order valence-electron chi connectivity index (χ2n) is 4.76. The highest BCUT2D eigenvalue weighted by atomic mass is 35.5. The van der Waals surface area contributed by atoms with E-state index in [1.807, 2.05) is 0 Å². The van der Waals surface area contributed by atoms with Crippen LogP contribution in [0.1, 0.15) is 25.7 Å². The predicted octanol–water partition coefficient (Wildman–Crippen LogP) is -0.739. The number of carbonyl (C=O) groups excluding carboxylic acids is 3. The lowest BCUT2D eigenvalue weighted by atomic mass is 10.2. The Bertz CT molecular complexity index is 398. The van der Waals surface area contributed by atoms with Gasteiger partial charge in [0.05, 0.1) is 12.7 Å². The minimum absolute atomic E-state index is 0. The molecule has 1 aliphatic rings. The molecule has 0 aromatic carbocycles. The first kappa shape index (κ1) is 20.5. The Balaban J connectivity index is 0.00000441. The molecule has 0 aromatic heterocycles.